The van der Waals surface area contributed by atoms with Gasteiger partial charge in [0.25, 0.3) is 0 Å². The molecule has 0 aliphatic heterocycles. The monoisotopic (exact) mass is 443 g/mol. The molecule has 2 heterocycles. The van der Waals surface area contributed by atoms with Gasteiger partial charge in [-0.05, 0) is 50.5 Å². The molecule has 0 fully saturated rings. The summed E-state index contributed by atoms with van der Waals surface area (Å²) in [6.45, 7) is 5.99. The Morgan fingerprint density at radius 3 is 2.93 bits per heavy atom. The summed E-state index contributed by atoms with van der Waals surface area (Å²) in [4.78, 5) is 12.6. The maximum Gasteiger partial charge on any atom is 0.250 e. The fraction of sp³-hybridized carbons (Fsp3) is 0.409. The van der Waals surface area contributed by atoms with Crippen LogP contribution in [0.5, 0.6) is 5.75 Å². The van der Waals surface area contributed by atoms with Crippen LogP contribution in [-0.4, -0.2) is 29.0 Å². The van der Waals surface area contributed by atoms with E-state index < -0.39 is 0 Å². The van der Waals surface area contributed by atoms with Crippen LogP contribution in [0.1, 0.15) is 49.1 Å². The van der Waals surface area contributed by atoms with Crippen LogP contribution in [0, 0.1) is 6.92 Å². The molecule has 0 bridgehead atoms. The van der Waals surface area contributed by atoms with Gasteiger partial charge >= 0.3 is 0 Å². The zero-order chi connectivity index (χ0) is 21.3. The quantitative estimate of drug-likeness (QED) is 0.302. The molecule has 0 saturated carbocycles. The zero-order valence-electron chi connectivity index (χ0n) is 17.6. The summed E-state index contributed by atoms with van der Waals surface area (Å²) in [6.07, 6.45) is 5.95. The molecule has 3 aromatic rings. The number of ether oxygens (including phenoxy) is 1. The number of carbonyl (C=O) groups is 1. The second kappa shape index (κ2) is 8.81. The van der Waals surface area contributed by atoms with Crippen molar-refractivity contribution in [2.45, 2.75) is 50.8 Å². The Morgan fingerprint density at radius 1 is 1.37 bits per heavy atom. The maximum atomic E-state index is 12.6. The highest BCUT2D eigenvalue weighted by atomic mass is 32.2. The van der Waals surface area contributed by atoms with Crippen LogP contribution in [0.2, 0.25) is 0 Å². The molecule has 1 aliphatic carbocycles. The fourth-order valence-electron chi connectivity index (χ4n) is 3.95. The molecule has 1 aromatic carbocycles. The molecule has 30 heavy (non-hydrogen) atoms. The van der Waals surface area contributed by atoms with Gasteiger partial charge < -0.3 is 9.15 Å². The molecule has 158 valence electrons. The van der Waals surface area contributed by atoms with Gasteiger partial charge in [-0.2, -0.15) is 0 Å². The van der Waals surface area contributed by atoms with Gasteiger partial charge in [0.15, 0.2) is 4.34 Å². The normalized spacial score (nSPS) is 14.1. The van der Waals surface area contributed by atoms with Crippen molar-refractivity contribution >= 4 is 50.7 Å². The van der Waals surface area contributed by atoms with E-state index in [1.165, 1.54) is 29.7 Å². The van der Waals surface area contributed by atoms with E-state index in [-0.39, 0.29) is 5.91 Å². The van der Waals surface area contributed by atoms with Crippen LogP contribution in [0.4, 0.5) is 5.13 Å². The highest BCUT2D eigenvalue weighted by Gasteiger charge is 2.23. The van der Waals surface area contributed by atoms with Crippen molar-refractivity contribution in [3.05, 3.63) is 34.6 Å². The molecule has 1 amide bonds. The van der Waals surface area contributed by atoms with Crippen molar-refractivity contribution in [2.75, 3.05) is 18.2 Å². The average molecular weight is 444 g/mol. The fourth-order valence-corrected chi connectivity index (χ4v) is 5.60. The first-order chi connectivity index (χ1) is 14.5. The van der Waals surface area contributed by atoms with Gasteiger partial charge in [0.1, 0.15) is 17.1 Å². The molecule has 1 aliphatic rings. The van der Waals surface area contributed by atoms with E-state index in [4.69, 9.17) is 9.15 Å². The summed E-state index contributed by atoms with van der Waals surface area (Å²) in [5, 5.41) is 12.6. The van der Waals surface area contributed by atoms with Crippen LogP contribution in [0.25, 0.3) is 16.5 Å². The van der Waals surface area contributed by atoms with E-state index in [1.807, 2.05) is 13.8 Å². The predicted octanol–water partition coefficient (Wildman–Crippen LogP) is 5.63. The number of furan rings is 1. The molecular formula is C22H25N3O3S2. The molecular weight excluding hydrogens is 418 g/mol. The van der Waals surface area contributed by atoms with Gasteiger partial charge in [-0.3, -0.25) is 10.1 Å². The summed E-state index contributed by atoms with van der Waals surface area (Å²) in [7, 11) is 1.65. The Labute approximate surface area is 184 Å². The van der Waals surface area contributed by atoms with Crippen LogP contribution in [0.3, 0.4) is 0 Å². The summed E-state index contributed by atoms with van der Waals surface area (Å²) in [5.41, 5.74) is 4.90. The average Bonchev–Trinajstić information content (AvgIpc) is 3.32. The first-order valence-corrected chi connectivity index (χ1v) is 11.9. The molecule has 2 aromatic heterocycles. The van der Waals surface area contributed by atoms with E-state index in [1.54, 1.807) is 24.9 Å². The topological polar surface area (TPSA) is 77.3 Å². The van der Waals surface area contributed by atoms with Crippen LogP contribution in [-0.2, 0) is 17.6 Å². The number of aromatic nitrogens is 2. The molecule has 0 unspecified atom stereocenters. The summed E-state index contributed by atoms with van der Waals surface area (Å²) in [6, 6.07) is 2.11. The molecule has 0 radical (unpaired) electrons. The van der Waals surface area contributed by atoms with Crippen molar-refractivity contribution in [3.8, 4) is 5.75 Å². The number of rotatable bonds is 6. The van der Waals surface area contributed by atoms with Gasteiger partial charge in [0, 0.05) is 34.6 Å². The molecule has 0 saturated heterocycles. The number of allylic oxidation sites excluding steroid dienone is 1. The number of benzene rings is 1. The summed E-state index contributed by atoms with van der Waals surface area (Å²) in [5.74, 6) is 2.52. The lowest BCUT2D eigenvalue weighted by atomic mass is 9.93. The van der Waals surface area contributed by atoms with Crippen molar-refractivity contribution in [1.82, 2.24) is 10.2 Å². The molecule has 4 rings (SSSR count). The molecule has 8 heteroatoms. The number of methoxy groups -OCH3 is 1. The van der Waals surface area contributed by atoms with Crippen LogP contribution in [0.15, 0.2) is 20.9 Å². The SMILES string of the molecule is CCSc1nnc(NC(=O)/C=C(\C)c2cc3c4c(oc3c(C)c2OC)CCCC4)s1. The number of fused-ring (bicyclic) bond motifs is 3. The lowest BCUT2D eigenvalue weighted by Gasteiger charge is -2.13. The minimum Gasteiger partial charge on any atom is -0.496 e. The molecule has 6 nitrogen and oxygen atoms in total. The van der Waals surface area contributed by atoms with E-state index in [0.29, 0.717) is 5.13 Å². The third kappa shape index (κ3) is 3.98. The Balaban J connectivity index is 1.67. The van der Waals surface area contributed by atoms with Gasteiger partial charge in [0.2, 0.25) is 11.0 Å². The number of amides is 1. The Morgan fingerprint density at radius 2 is 2.17 bits per heavy atom. The van der Waals surface area contributed by atoms with E-state index in [0.717, 1.165) is 62.1 Å². The largest absolute Gasteiger partial charge is 0.496 e. The van der Waals surface area contributed by atoms with Crippen molar-refractivity contribution < 1.29 is 13.9 Å². The minimum atomic E-state index is -0.231. The van der Waals surface area contributed by atoms with Gasteiger partial charge in [-0.25, -0.2) is 0 Å². The number of hydrogen-bond donors (Lipinski definition) is 1. The van der Waals surface area contributed by atoms with Crippen molar-refractivity contribution in [1.29, 1.82) is 0 Å². The number of anilines is 1. The van der Waals surface area contributed by atoms with E-state index in [2.05, 4.69) is 28.5 Å². The van der Waals surface area contributed by atoms with Crippen LogP contribution >= 0.6 is 23.1 Å². The highest BCUT2D eigenvalue weighted by molar-refractivity contribution is 8.01. The highest BCUT2D eigenvalue weighted by Crippen LogP contribution is 2.41. The van der Waals surface area contributed by atoms with Gasteiger partial charge in [0.05, 0.1) is 7.11 Å². The van der Waals surface area contributed by atoms with Gasteiger partial charge in [-0.1, -0.05) is 30.0 Å². The first kappa shape index (κ1) is 20.9. The lowest BCUT2D eigenvalue weighted by Crippen LogP contribution is -2.08. The number of hydrogen-bond acceptors (Lipinski definition) is 7. The van der Waals surface area contributed by atoms with Crippen LogP contribution < -0.4 is 10.1 Å². The number of nitrogens with one attached hydrogen (secondary N) is 1. The van der Waals surface area contributed by atoms with E-state index >= 15 is 0 Å². The Hall–Kier alpha value is -2.32. The Kier molecular flexibility index (Phi) is 6.15. The third-order valence-corrected chi connectivity index (χ3v) is 7.16. The van der Waals surface area contributed by atoms with E-state index in [9.17, 15) is 4.79 Å². The molecule has 0 spiro atoms. The second-order valence-corrected chi connectivity index (χ2v) is 9.78. The molecule has 1 N–H and O–H groups in total. The summed E-state index contributed by atoms with van der Waals surface area (Å²) >= 11 is 2.99. The Bertz CT molecular complexity index is 1130. The lowest BCUT2D eigenvalue weighted by molar-refractivity contribution is -0.111. The zero-order valence-corrected chi connectivity index (χ0v) is 19.3. The number of nitrogens with zero attached hydrogens (tertiary/aromatic N) is 2. The first-order valence-electron chi connectivity index (χ1n) is 10.1. The second-order valence-electron chi connectivity index (χ2n) is 7.29. The van der Waals surface area contributed by atoms with Crippen molar-refractivity contribution in [3.63, 3.8) is 0 Å². The van der Waals surface area contributed by atoms with Crippen molar-refractivity contribution in [2.24, 2.45) is 0 Å². The molecule has 0 atom stereocenters. The number of aryl methyl sites for hydroxylation is 3. The smallest absolute Gasteiger partial charge is 0.250 e. The van der Waals surface area contributed by atoms with Gasteiger partial charge in [-0.15, -0.1) is 10.2 Å². The minimum absolute atomic E-state index is 0.231. The maximum absolute atomic E-state index is 12.6. The number of carbonyl (C=O) groups excluding carboxylic acids is 1. The third-order valence-electron chi connectivity index (χ3n) is 5.31. The predicted molar refractivity (Wildman–Crippen MR) is 123 cm³/mol. The number of thioether (sulfide) groups is 1. The summed E-state index contributed by atoms with van der Waals surface area (Å²) < 4.78 is 12.7. The standard InChI is InChI=1S/C22H25N3O3S2/c1-5-29-22-25-24-21(30-22)23-18(26)10-12(2)15-11-16-14-8-6-7-9-17(14)28-20(16)13(3)19(15)27-4/h10-11H,5-9H2,1-4H3,(H,23,24,26)/b12-10+.